The van der Waals surface area contributed by atoms with Crippen molar-refractivity contribution < 1.29 is 9.59 Å². The minimum absolute atomic E-state index is 0.0129. The largest absolute Gasteiger partial charge is 0.343 e. The number of fused-ring (bicyclic) bond motifs is 1. The molecule has 1 aromatic carbocycles. The molecule has 6 nitrogen and oxygen atoms in total. The number of carbonyl (C=O) groups is 2. The fourth-order valence-corrected chi connectivity index (χ4v) is 3.59. The number of likely N-dealkylation sites (tertiary alicyclic amines) is 1. The van der Waals surface area contributed by atoms with Crippen LogP contribution in [0.5, 0.6) is 0 Å². The summed E-state index contributed by atoms with van der Waals surface area (Å²) in [6, 6.07) is 15.6. The standard InChI is InChI=1S/C21H22N4O2/c1-15(26)24-13-10-17(11-14-24)21(27)23-20-19(16-7-3-2-4-8-16)22-18-9-5-6-12-25(18)20/h2-9,12,17H,10-11,13-14H2,1H3,(H,23,27). The van der Waals surface area contributed by atoms with E-state index < -0.39 is 0 Å². The molecule has 1 aliphatic rings. The Kier molecular flexibility index (Phi) is 4.62. The lowest BCUT2D eigenvalue weighted by atomic mass is 9.96. The fourth-order valence-electron chi connectivity index (χ4n) is 3.59. The first-order chi connectivity index (χ1) is 13.1. The normalized spacial score (nSPS) is 15.1. The molecule has 0 bridgehead atoms. The molecule has 1 fully saturated rings. The Morgan fingerprint density at radius 3 is 2.44 bits per heavy atom. The van der Waals surface area contributed by atoms with Crippen molar-refractivity contribution in [1.29, 1.82) is 0 Å². The molecular weight excluding hydrogens is 340 g/mol. The number of rotatable bonds is 3. The number of piperidine rings is 1. The predicted molar refractivity (Wildman–Crippen MR) is 104 cm³/mol. The second kappa shape index (κ2) is 7.23. The van der Waals surface area contributed by atoms with Crippen LogP contribution in [0.1, 0.15) is 19.8 Å². The van der Waals surface area contributed by atoms with Crippen molar-refractivity contribution in [2.45, 2.75) is 19.8 Å². The van der Waals surface area contributed by atoms with E-state index in [4.69, 9.17) is 4.98 Å². The number of hydrogen-bond acceptors (Lipinski definition) is 3. The Bertz CT molecular complexity index is 972. The molecule has 3 aromatic rings. The van der Waals surface area contributed by atoms with Crippen molar-refractivity contribution in [2.24, 2.45) is 5.92 Å². The van der Waals surface area contributed by atoms with Crippen LogP contribution < -0.4 is 5.32 Å². The number of carbonyl (C=O) groups excluding carboxylic acids is 2. The highest BCUT2D eigenvalue weighted by Gasteiger charge is 2.27. The molecule has 0 saturated carbocycles. The zero-order valence-corrected chi connectivity index (χ0v) is 15.3. The molecule has 2 amide bonds. The Morgan fingerprint density at radius 1 is 1.04 bits per heavy atom. The van der Waals surface area contributed by atoms with Gasteiger partial charge in [0, 0.05) is 37.7 Å². The number of benzene rings is 1. The monoisotopic (exact) mass is 362 g/mol. The van der Waals surface area contributed by atoms with Crippen molar-refractivity contribution in [3.05, 3.63) is 54.7 Å². The van der Waals surface area contributed by atoms with Crippen LogP contribution in [0.25, 0.3) is 16.9 Å². The zero-order chi connectivity index (χ0) is 18.8. The maximum atomic E-state index is 12.9. The van der Waals surface area contributed by atoms with E-state index in [1.54, 1.807) is 11.8 Å². The lowest BCUT2D eigenvalue weighted by molar-refractivity contribution is -0.132. The molecule has 2 aromatic heterocycles. The van der Waals surface area contributed by atoms with Crippen molar-refractivity contribution in [1.82, 2.24) is 14.3 Å². The maximum absolute atomic E-state index is 12.9. The van der Waals surface area contributed by atoms with E-state index in [0.29, 0.717) is 31.7 Å². The van der Waals surface area contributed by atoms with Gasteiger partial charge in [0.15, 0.2) is 0 Å². The molecule has 0 unspecified atom stereocenters. The first kappa shape index (κ1) is 17.3. The predicted octanol–water partition coefficient (Wildman–Crippen LogP) is 3.20. The number of hydrogen-bond donors (Lipinski definition) is 1. The maximum Gasteiger partial charge on any atom is 0.228 e. The van der Waals surface area contributed by atoms with Gasteiger partial charge < -0.3 is 10.2 Å². The summed E-state index contributed by atoms with van der Waals surface area (Å²) in [5.74, 6) is 0.650. The molecule has 4 rings (SSSR count). The summed E-state index contributed by atoms with van der Waals surface area (Å²) in [7, 11) is 0. The Balaban J connectivity index is 1.62. The van der Waals surface area contributed by atoms with Crippen LogP contribution in [-0.4, -0.2) is 39.2 Å². The quantitative estimate of drug-likeness (QED) is 0.778. The molecule has 27 heavy (non-hydrogen) atoms. The van der Waals surface area contributed by atoms with Gasteiger partial charge in [-0.1, -0.05) is 36.4 Å². The van der Waals surface area contributed by atoms with E-state index in [0.717, 1.165) is 16.9 Å². The summed E-state index contributed by atoms with van der Waals surface area (Å²) in [4.78, 5) is 30.9. The molecule has 3 heterocycles. The fraction of sp³-hybridized carbons (Fsp3) is 0.286. The molecule has 0 spiro atoms. The van der Waals surface area contributed by atoms with Crippen LogP contribution in [0, 0.1) is 5.92 Å². The zero-order valence-electron chi connectivity index (χ0n) is 15.3. The number of pyridine rings is 1. The Hall–Kier alpha value is -3.15. The molecule has 138 valence electrons. The van der Waals surface area contributed by atoms with E-state index in [1.807, 2.05) is 59.1 Å². The van der Waals surface area contributed by atoms with E-state index >= 15 is 0 Å². The van der Waals surface area contributed by atoms with E-state index in [9.17, 15) is 9.59 Å². The molecule has 0 radical (unpaired) electrons. The third-order valence-electron chi connectivity index (χ3n) is 5.13. The summed E-state index contributed by atoms with van der Waals surface area (Å²) in [5.41, 5.74) is 2.51. The number of nitrogens with one attached hydrogen (secondary N) is 1. The van der Waals surface area contributed by atoms with Crippen molar-refractivity contribution in [2.75, 3.05) is 18.4 Å². The van der Waals surface area contributed by atoms with Crippen molar-refractivity contribution in [3.63, 3.8) is 0 Å². The van der Waals surface area contributed by atoms with Crippen molar-refractivity contribution in [3.8, 4) is 11.3 Å². The second-order valence-corrected chi connectivity index (χ2v) is 6.87. The van der Waals surface area contributed by atoms with Crippen LogP contribution in [0.15, 0.2) is 54.7 Å². The average Bonchev–Trinajstić information content (AvgIpc) is 3.07. The van der Waals surface area contributed by atoms with Gasteiger partial charge in [-0.05, 0) is 25.0 Å². The molecular formula is C21H22N4O2. The molecule has 0 aliphatic carbocycles. The van der Waals surface area contributed by atoms with Crippen molar-refractivity contribution >= 4 is 23.3 Å². The number of imidazole rings is 1. The lowest BCUT2D eigenvalue weighted by Gasteiger charge is -2.30. The van der Waals surface area contributed by atoms with Crippen LogP contribution in [0.3, 0.4) is 0 Å². The minimum atomic E-state index is -0.0986. The summed E-state index contributed by atoms with van der Waals surface area (Å²) in [6.07, 6.45) is 3.27. The highest BCUT2D eigenvalue weighted by molar-refractivity contribution is 5.96. The van der Waals surface area contributed by atoms with Gasteiger partial charge >= 0.3 is 0 Å². The number of amides is 2. The SMILES string of the molecule is CC(=O)N1CCC(C(=O)Nc2c(-c3ccccc3)nc3ccccn23)CC1. The number of anilines is 1. The number of aromatic nitrogens is 2. The van der Waals surface area contributed by atoms with Gasteiger partial charge in [0.1, 0.15) is 17.2 Å². The molecule has 1 aliphatic heterocycles. The molecule has 6 heteroatoms. The molecule has 1 saturated heterocycles. The average molecular weight is 362 g/mol. The smallest absolute Gasteiger partial charge is 0.228 e. The van der Waals surface area contributed by atoms with Gasteiger partial charge in [-0.3, -0.25) is 14.0 Å². The number of nitrogens with zero attached hydrogens (tertiary/aromatic N) is 3. The Morgan fingerprint density at radius 2 is 1.74 bits per heavy atom. The minimum Gasteiger partial charge on any atom is -0.343 e. The Labute approximate surface area is 157 Å². The lowest BCUT2D eigenvalue weighted by Crippen LogP contribution is -2.40. The van der Waals surface area contributed by atoms with E-state index in [1.165, 1.54) is 0 Å². The second-order valence-electron chi connectivity index (χ2n) is 6.87. The summed E-state index contributed by atoms with van der Waals surface area (Å²) >= 11 is 0. The van der Waals surface area contributed by atoms with Gasteiger partial charge in [-0.15, -0.1) is 0 Å². The van der Waals surface area contributed by atoms with Gasteiger partial charge in [-0.25, -0.2) is 4.98 Å². The van der Waals surface area contributed by atoms with E-state index in [2.05, 4.69) is 5.32 Å². The topological polar surface area (TPSA) is 66.7 Å². The summed E-state index contributed by atoms with van der Waals surface area (Å²) < 4.78 is 1.91. The van der Waals surface area contributed by atoms with Crippen LogP contribution in [0.2, 0.25) is 0 Å². The van der Waals surface area contributed by atoms with Crippen LogP contribution >= 0.6 is 0 Å². The van der Waals surface area contributed by atoms with Gasteiger partial charge in [0.25, 0.3) is 0 Å². The molecule has 1 N–H and O–H groups in total. The summed E-state index contributed by atoms with van der Waals surface area (Å²) in [5, 5.41) is 3.10. The molecule has 0 atom stereocenters. The van der Waals surface area contributed by atoms with Crippen LogP contribution in [0.4, 0.5) is 5.82 Å². The van der Waals surface area contributed by atoms with Gasteiger partial charge in [-0.2, -0.15) is 0 Å². The van der Waals surface area contributed by atoms with Crippen LogP contribution in [-0.2, 0) is 9.59 Å². The van der Waals surface area contributed by atoms with Gasteiger partial charge in [0.2, 0.25) is 11.8 Å². The third kappa shape index (κ3) is 3.43. The third-order valence-corrected chi connectivity index (χ3v) is 5.13. The highest BCUT2D eigenvalue weighted by Crippen LogP contribution is 2.29. The highest BCUT2D eigenvalue weighted by atomic mass is 16.2. The first-order valence-electron chi connectivity index (χ1n) is 9.22. The van der Waals surface area contributed by atoms with Gasteiger partial charge in [0.05, 0.1) is 0 Å². The summed E-state index contributed by atoms with van der Waals surface area (Å²) in [6.45, 7) is 2.84. The first-order valence-corrected chi connectivity index (χ1v) is 9.22. The van der Waals surface area contributed by atoms with E-state index in [-0.39, 0.29) is 17.7 Å².